The van der Waals surface area contributed by atoms with Crippen molar-refractivity contribution >= 4 is 38.9 Å². The van der Waals surface area contributed by atoms with Crippen LogP contribution in [0.2, 0.25) is 0 Å². The maximum absolute atomic E-state index is 4.40. The maximum atomic E-state index is 4.40. The molecule has 10 rings (SSSR count). The van der Waals surface area contributed by atoms with Gasteiger partial charge in [0.15, 0.2) is 0 Å². The standard InChI is InChI=1S/C14H19N.3C13H18N2.2C11H17N.6C2H6/c1-9(2)13-5-11-7-15-8-12(11)6-14(13)10(3)4;1-8(2)11-5-10-7-14-15-13(10)6-12(11)9(3)4;2*1-8(2)10-5-6-12-11(7-14-15-12)13(10)9(3)4;2*1-8(2)10-6-5-7-12-11(10)9(3)4;6*1-2/h5-7,9-10H,8H2,1-4H3;3*5-9H,1-4H3,(H,14,15);2*5-9H,1-4H3;6*1-2H3. The minimum Gasteiger partial charge on any atom is -0.288 e. The molecule has 0 amide bonds. The Kier molecular flexibility index (Phi) is 46.5. The van der Waals surface area contributed by atoms with Gasteiger partial charge in [-0.15, -0.1) is 0 Å². The first kappa shape index (κ1) is 91.3. The van der Waals surface area contributed by atoms with Crippen molar-refractivity contribution < 1.29 is 0 Å². The Balaban J connectivity index is 0. The molecule has 0 fully saturated rings. The first-order valence-corrected chi connectivity index (χ1v) is 37.6. The molecule has 3 N–H and O–H groups in total. The molecule has 4 aromatic carbocycles. The summed E-state index contributed by atoms with van der Waals surface area (Å²) in [4.78, 5) is 13.1. The van der Waals surface area contributed by atoms with Crippen LogP contribution < -0.4 is 0 Å². The van der Waals surface area contributed by atoms with Crippen LogP contribution in [-0.4, -0.2) is 46.8 Å². The maximum Gasteiger partial charge on any atom is 0.0653 e. The van der Waals surface area contributed by atoms with E-state index >= 15 is 0 Å². The average Bonchev–Trinajstić information content (AvgIpc) is 1.58. The lowest BCUT2D eigenvalue weighted by Crippen LogP contribution is -2.01. The van der Waals surface area contributed by atoms with Crippen molar-refractivity contribution in [1.29, 1.82) is 0 Å². The van der Waals surface area contributed by atoms with Gasteiger partial charge in [-0.3, -0.25) is 30.3 Å². The summed E-state index contributed by atoms with van der Waals surface area (Å²) in [6, 6.07) is 26.3. The minimum atomic E-state index is 0.531. The van der Waals surface area contributed by atoms with Gasteiger partial charge in [-0.25, -0.2) is 0 Å². The molecule has 1 aliphatic rings. The molecule has 0 radical (unpaired) electrons. The summed E-state index contributed by atoms with van der Waals surface area (Å²) in [6.45, 7) is 78.4. The quantitative estimate of drug-likeness (QED) is 0.112. The molecular weight excluding hydrogens is 1170 g/mol. The van der Waals surface area contributed by atoms with Gasteiger partial charge in [-0.2, -0.15) is 15.3 Å². The normalized spacial score (nSPS) is 10.9. The third kappa shape index (κ3) is 27.6. The number of hydrogen-bond donors (Lipinski definition) is 3. The number of benzene rings is 4. The fourth-order valence-electron chi connectivity index (χ4n) is 11.4. The highest BCUT2D eigenvalue weighted by Gasteiger charge is 2.19. The first-order valence-electron chi connectivity index (χ1n) is 37.6. The number of nitrogens with zero attached hydrogens (tertiary/aromatic N) is 6. The fraction of sp³-hybridized carbons (Fsp3) is 0.563. The van der Waals surface area contributed by atoms with Crippen molar-refractivity contribution in [3.63, 3.8) is 0 Å². The summed E-state index contributed by atoms with van der Waals surface area (Å²) in [5, 5.41) is 25.2. The van der Waals surface area contributed by atoms with E-state index in [1.54, 1.807) is 0 Å². The Hall–Kier alpha value is -6.74. The second kappa shape index (κ2) is 48.9. The summed E-state index contributed by atoms with van der Waals surface area (Å²) < 4.78 is 0. The van der Waals surface area contributed by atoms with Crippen LogP contribution >= 0.6 is 0 Å². The molecule has 0 aliphatic carbocycles. The van der Waals surface area contributed by atoms with Crippen molar-refractivity contribution in [2.45, 2.75) is 327 Å². The van der Waals surface area contributed by atoms with E-state index in [9.17, 15) is 0 Å². The molecule has 9 aromatic rings. The molecule has 5 aromatic heterocycles. The first-order chi connectivity index (χ1) is 45.7. The molecule has 0 saturated carbocycles. The highest BCUT2D eigenvalue weighted by Crippen LogP contribution is 2.35. The van der Waals surface area contributed by atoms with E-state index in [1.807, 2.05) is 132 Å². The molecule has 0 spiro atoms. The van der Waals surface area contributed by atoms with Crippen LogP contribution in [0, 0.1) is 0 Å². The number of nitrogens with one attached hydrogen (secondary N) is 3. The number of aromatic amines is 3. The zero-order chi connectivity index (χ0) is 74.3. The van der Waals surface area contributed by atoms with Gasteiger partial charge in [-0.05, 0) is 180 Å². The van der Waals surface area contributed by atoms with E-state index in [0.29, 0.717) is 71.0 Å². The predicted molar refractivity (Wildman–Crippen MR) is 432 cm³/mol. The van der Waals surface area contributed by atoms with Gasteiger partial charge in [0.2, 0.25) is 0 Å². The zero-order valence-electron chi connectivity index (χ0n) is 68.2. The molecule has 9 heteroatoms. The highest BCUT2D eigenvalue weighted by molar-refractivity contribution is 5.86. The molecule has 0 bridgehead atoms. The second-order valence-electron chi connectivity index (χ2n) is 26.7. The zero-order valence-corrected chi connectivity index (χ0v) is 68.2. The summed E-state index contributed by atoms with van der Waals surface area (Å²) in [5.41, 5.74) is 23.0. The number of aliphatic imine (C=N–C) groups is 1. The Bertz CT molecular complexity index is 3220. The summed E-state index contributed by atoms with van der Waals surface area (Å²) in [7, 11) is 0. The monoisotopic (exact) mass is 1310 g/mol. The summed E-state index contributed by atoms with van der Waals surface area (Å²) in [5.74, 6) is 6.79. The van der Waals surface area contributed by atoms with E-state index in [2.05, 4.69) is 272 Å². The number of hydrogen-bond acceptors (Lipinski definition) is 6. The molecular formula is C87H143N9. The number of rotatable bonds is 12. The molecule has 9 nitrogen and oxygen atoms in total. The summed E-state index contributed by atoms with van der Waals surface area (Å²) in [6.07, 6.45) is 11.5. The molecule has 0 unspecified atom stereocenters. The predicted octanol–water partition coefficient (Wildman–Crippen LogP) is 28.1. The van der Waals surface area contributed by atoms with Crippen molar-refractivity contribution in [2.24, 2.45) is 4.99 Å². The van der Waals surface area contributed by atoms with E-state index in [0.717, 1.165) is 23.1 Å². The third-order valence-corrected chi connectivity index (χ3v) is 15.8. The van der Waals surface area contributed by atoms with Crippen LogP contribution in [0.1, 0.15) is 398 Å². The van der Waals surface area contributed by atoms with Gasteiger partial charge in [-0.1, -0.05) is 280 Å². The van der Waals surface area contributed by atoms with E-state index in [-0.39, 0.29) is 0 Å². The fourth-order valence-corrected chi connectivity index (χ4v) is 11.4. The number of fused-ring (bicyclic) bond motifs is 4. The smallest absolute Gasteiger partial charge is 0.0653 e. The van der Waals surface area contributed by atoms with Crippen LogP contribution in [-0.2, 0) is 6.54 Å². The number of H-pyrrole nitrogens is 3. The third-order valence-electron chi connectivity index (χ3n) is 15.8. The number of aromatic nitrogens is 8. The summed E-state index contributed by atoms with van der Waals surface area (Å²) >= 11 is 0. The second-order valence-corrected chi connectivity index (χ2v) is 26.7. The van der Waals surface area contributed by atoms with Gasteiger partial charge in [0.05, 0.1) is 41.7 Å². The van der Waals surface area contributed by atoms with Crippen molar-refractivity contribution in [1.82, 2.24) is 40.6 Å². The Morgan fingerprint density at radius 3 is 0.958 bits per heavy atom. The molecule has 536 valence electrons. The molecule has 0 atom stereocenters. The van der Waals surface area contributed by atoms with Crippen LogP contribution in [0.5, 0.6) is 0 Å². The lowest BCUT2D eigenvalue weighted by molar-refractivity contribution is 0.757. The van der Waals surface area contributed by atoms with Crippen LogP contribution in [0.3, 0.4) is 0 Å². The van der Waals surface area contributed by atoms with Crippen LogP contribution in [0.15, 0.2) is 109 Å². The van der Waals surface area contributed by atoms with Gasteiger partial charge >= 0.3 is 0 Å². The lowest BCUT2D eigenvalue weighted by atomic mass is 9.87. The number of pyridine rings is 2. The molecule has 6 heterocycles. The molecule has 0 saturated heterocycles. The van der Waals surface area contributed by atoms with Crippen molar-refractivity contribution in [2.75, 3.05) is 0 Å². The minimum absolute atomic E-state index is 0.531. The van der Waals surface area contributed by atoms with Crippen LogP contribution in [0.4, 0.5) is 0 Å². The van der Waals surface area contributed by atoms with Crippen molar-refractivity contribution in [3.8, 4) is 0 Å². The SMILES string of the molecule is CC.CC.CC.CC.CC.CC.CC(C)c1cc2c(cc1C(C)C)CN=C2.CC(C)c1cc2cn[nH]c2cc1C(C)C.CC(C)c1ccc2[nH]ncc2c1C(C)C.CC(C)c1ccc2[nH]ncc2c1C(C)C.CC(C)c1cccnc1C(C)C.CC(C)c1cccnc1C(C)C. The van der Waals surface area contributed by atoms with Crippen molar-refractivity contribution in [3.05, 3.63) is 182 Å². The molecule has 1 aliphatic heterocycles. The van der Waals surface area contributed by atoms with Gasteiger partial charge in [0, 0.05) is 46.2 Å². The topological polar surface area (TPSA) is 124 Å². The Morgan fingerprint density at radius 2 is 0.625 bits per heavy atom. The Labute approximate surface area is 590 Å². The van der Waals surface area contributed by atoms with E-state index in [4.69, 9.17) is 0 Å². The van der Waals surface area contributed by atoms with Gasteiger partial charge in [0.1, 0.15) is 0 Å². The van der Waals surface area contributed by atoms with Crippen LogP contribution in [0.25, 0.3) is 32.7 Å². The average molecular weight is 1320 g/mol. The van der Waals surface area contributed by atoms with Gasteiger partial charge < -0.3 is 0 Å². The van der Waals surface area contributed by atoms with Gasteiger partial charge in [0.25, 0.3) is 0 Å². The Morgan fingerprint density at radius 1 is 0.302 bits per heavy atom. The van der Waals surface area contributed by atoms with E-state index < -0.39 is 0 Å². The molecule has 96 heavy (non-hydrogen) atoms. The van der Waals surface area contributed by atoms with E-state index in [1.165, 1.54) is 94.3 Å². The highest BCUT2D eigenvalue weighted by atomic mass is 15.1. The largest absolute Gasteiger partial charge is 0.288 e. The lowest BCUT2D eigenvalue weighted by Gasteiger charge is -2.17.